The predicted octanol–water partition coefficient (Wildman–Crippen LogP) is 2.96. The lowest BCUT2D eigenvalue weighted by molar-refractivity contribution is -0.128. The van der Waals surface area contributed by atoms with Gasteiger partial charge < -0.3 is 0 Å². The number of sulfone groups is 1. The summed E-state index contributed by atoms with van der Waals surface area (Å²) in [6.45, 7) is 0. The van der Waals surface area contributed by atoms with Crippen molar-refractivity contribution in [2.45, 2.75) is 30.1 Å². The van der Waals surface area contributed by atoms with Crippen LogP contribution in [0.1, 0.15) is 30.7 Å². The molecule has 1 aliphatic carbocycles. The van der Waals surface area contributed by atoms with Gasteiger partial charge in [0.25, 0.3) is 0 Å². The zero-order chi connectivity index (χ0) is 15.8. The summed E-state index contributed by atoms with van der Waals surface area (Å²) in [6, 6.07) is 4.61. The van der Waals surface area contributed by atoms with Gasteiger partial charge in [0.05, 0.1) is 9.92 Å². The number of benzene rings is 1. The second-order valence-electron chi connectivity index (χ2n) is 5.33. The van der Waals surface area contributed by atoms with E-state index in [1.54, 1.807) is 12.1 Å². The van der Waals surface area contributed by atoms with Crippen LogP contribution < -0.4 is 0 Å². The number of hydrogen-bond donors (Lipinski definition) is 0. The Balaban J connectivity index is 2.34. The van der Waals surface area contributed by atoms with Gasteiger partial charge in [0.1, 0.15) is 5.78 Å². The minimum atomic E-state index is -3.40. The first-order valence-electron chi connectivity index (χ1n) is 6.38. The molecule has 2 rings (SSSR count). The summed E-state index contributed by atoms with van der Waals surface area (Å²) in [5.41, 5.74) is 0.735. The Morgan fingerprint density at radius 2 is 2.00 bits per heavy atom. The lowest BCUT2D eigenvalue weighted by Gasteiger charge is -2.32. The second-order valence-corrected chi connectivity index (χ2v) is 8.15. The van der Waals surface area contributed by atoms with Crippen molar-refractivity contribution in [3.63, 3.8) is 0 Å². The van der Waals surface area contributed by atoms with E-state index < -0.39 is 15.1 Å². The molecule has 1 fully saturated rings. The van der Waals surface area contributed by atoms with Crippen LogP contribution in [0.3, 0.4) is 0 Å². The van der Waals surface area contributed by atoms with Gasteiger partial charge in [0.2, 0.25) is 5.24 Å². The monoisotopic (exact) mass is 348 g/mol. The van der Waals surface area contributed by atoms with Crippen molar-refractivity contribution in [3.05, 3.63) is 28.8 Å². The summed E-state index contributed by atoms with van der Waals surface area (Å²) >= 11 is 11.5. The fraction of sp³-hybridized carbons (Fsp3) is 0.429. The van der Waals surface area contributed by atoms with Gasteiger partial charge in [0.15, 0.2) is 9.84 Å². The van der Waals surface area contributed by atoms with Crippen LogP contribution in [0.2, 0.25) is 5.02 Å². The van der Waals surface area contributed by atoms with Crippen LogP contribution in [0.15, 0.2) is 23.1 Å². The fourth-order valence-electron chi connectivity index (χ4n) is 2.59. The molecule has 0 amide bonds. The Hall–Kier alpha value is -0.910. The highest BCUT2D eigenvalue weighted by molar-refractivity contribution is 7.90. The zero-order valence-electron chi connectivity index (χ0n) is 11.3. The van der Waals surface area contributed by atoms with Gasteiger partial charge in [-0.25, -0.2) is 8.42 Å². The van der Waals surface area contributed by atoms with Gasteiger partial charge in [-0.1, -0.05) is 17.7 Å². The lowest BCUT2D eigenvalue weighted by atomic mass is 9.71. The fourth-order valence-corrected chi connectivity index (χ4v) is 4.09. The first-order valence-corrected chi connectivity index (χ1v) is 9.02. The van der Waals surface area contributed by atoms with Crippen molar-refractivity contribution < 1.29 is 18.0 Å². The minimum Gasteiger partial charge on any atom is -0.300 e. The van der Waals surface area contributed by atoms with Crippen molar-refractivity contribution >= 4 is 44.1 Å². The molecular weight excluding hydrogens is 335 g/mol. The third-order valence-corrected chi connectivity index (χ3v) is 5.45. The highest BCUT2D eigenvalue weighted by atomic mass is 35.5. The van der Waals surface area contributed by atoms with Crippen molar-refractivity contribution in [3.8, 4) is 0 Å². The van der Waals surface area contributed by atoms with Crippen LogP contribution >= 0.6 is 23.2 Å². The molecule has 1 aliphatic rings. The predicted molar refractivity (Wildman–Crippen MR) is 80.5 cm³/mol. The molecule has 0 aromatic heterocycles. The third-order valence-electron chi connectivity index (χ3n) is 3.71. The van der Waals surface area contributed by atoms with Crippen LogP contribution in [0.5, 0.6) is 0 Å². The quantitative estimate of drug-likeness (QED) is 0.767. The highest BCUT2D eigenvalue weighted by Gasteiger charge is 2.35. The van der Waals surface area contributed by atoms with Gasteiger partial charge in [-0.15, -0.1) is 0 Å². The van der Waals surface area contributed by atoms with E-state index in [0.29, 0.717) is 12.8 Å². The van der Waals surface area contributed by atoms with Crippen LogP contribution in [0, 0.1) is 5.92 Å². The highest BCUT2D eigenvalue weighted by Crippen LogP contribution is 2.41. The topological polar surface area (TPSA) is 68.3 Å². The van der Waals surface area contributed by atoms with E-state index in [1.807, 2.05) is 0 Å². The summed E-state index contributed by atoms with van der Waals surface area (Å²) in [6.07, 6.45) is 2.02. The first-order chi connectivity index (χ1) is 9.68. The Kier molecular flexibility index (Phi) is 4.76. The maximum atomic E-state index is 11.6. The number of ketones is 1. The van der Waals surface area contributed by atoms with E-state index in [2.05, 4.69) is 0 Å². The number of rotatable bonds is 5. The number of hydrogen-bond acceptors (Lipinski definition) is 4. The first kappa shape index (κ1) is 16.5. The molecule has 0 saturated heterocycles. The number of carbonyl (C=O) groups is 2. The molecule has 0 spiro atoms. The second kappa shape index (κ2) is 6.07. The molecule has 0 bridgehead atoms. The maximum absolute atomic E-state index is 11.6. The van der Waals surface area contributed by atoms with E-state index in [-0.39, 0.29) is 34.0 Å². The summed E-state index contributed by atoms with van der Waals surface area (Å²) in [5.74, 6) is 0.00466. The molecule has 1 atom stereocenters. The molecule has 114 valence electrons. The van der Waals surface area contributed by atoms with Crippen molar-refractivity contribution in [1.82, 2.24) is 0 Å². The Morgan fingerprint density at radius 1 is 1.38 bits per heavy atom. The van der Waals surface area contributed by atoms with Crippen LogP contribution in [0.4, 0.5) is 0 Å². The van der Waals surface area contributed by atoms with E-state index >= 15 is 0 Å². The SMILES string of the molecule is CS(=O)(=O)c1ccc([C@H](CC(=O)Cl)C2CC(=O)C2)cc1Cl. The number of halogens is 2. The molecular formula is C14H14Cl2O4S. The Labute approximate surface area is 133 Å². The van der Waals surface area contributed by atoms with Crippen molar-refractivity contribution in [1.29, 1.82) is 0 Å². The van der Waals surface area contributed by atoms with E-state index in [0.717, 1.165) is 11.8 Å². The standard InChI is InChI=1S/C14H14Cl2O4S/c1-21(19,20)13-3-2-8(6-12(13)15)11(7-14(16)18)9-4-10(17)5-9/h2-3,6,9,11H,4-5,7H2,1H3/t11-/m0/s1. The zero-order valence-corrected chi connectivity index (χ0v) is 13.6. The average molecular weight is 349 g/mol. The summed E-state index contributed by atoms with van der Waals surface area (Å²) in [7, 11) is -3.40. The largest absolute Gasteiger partial charge is 0.300 e. The normalized spacial score (nSPS) is 17.4. The van der Waals surface area contributed by atoms with E-state index in [1.165, 1.54) is 6.07 Å². The van der Waals surface area contributed by atoms with Crippen LogP contribution in [-0.4, -0.2) is 25.7 Å². The van der Waals surface area contributed by atoms with Crippen molar-refractivity contribution in [2.75, 3.05) is 6.26 Å². The number of Topliss-reactive ketones (excluding diaryl/α,β-unsaturated/α-hetero) is 1. The molecule has 4 nitrogen and oxygen atoms in total. The molecule has 0 radical (unpaired) electrons. The molecule has 1 aromatic carbocycles. The smallest absolute Gasteiger partial charge is 0.222 e. The summed E-state index contributed by atoms with van der Waals surface area (Å²) in [4.78, 5) is 22.4. The maximum Gasteiger partial charge on any atom is 0.222 e. The molecule has 1 aromatic rings. The number of carbonyl (C=O) groups excluding carboxylic acids is 2. The van der Waals surface area contributed by atoms with Gasteiger partial charge in [-0.05, 0) is 41.1 Å². The lowest BCUT2D eigenvalue weighted by Crippen LogP contribution is -2.29. The Bertz CT molecular complexity index is 689. The molecule has 21 heavy (non-hydrogen) atoms. The van der Waals surface area contributed by atoms with E-state index in [4.69, 9.17) is 23.2 Å². The van der Waals surface area contributed by atoms with Gasteiger partial charge >= 0.3 is 0 Å². The van der Waals surface area contributed by atoms with Gasteiger partial charge in [-0.2, -0.15) is 0 Å². The van der Waals surface area contributed by atoms with Gasteiger partial charge in [-0.3, -0.25) is 9.59 Å². The molecule has 0 heterocycles. The molecule has 1 saturated carbocycles. The van der Waals surface area contributed by atoms with Crippen LogP contribution in [-0.2, 0) is 19.4 Å². The molecule has 0 unspecified atom stereocenters. The minimum absolute atomic E-state index is 0.0496. The summed E-state index contributed by atoms with van der Waals surface area (Å²) < 4.78 is 23.1. The van der Waals surface area contributed by atoms with E-state index in [9.17, 15) is 18.0 Å². The Morgan fingerprint density at radius 3 is 2.43 bits per heavy atom. The average Bonchev–Trinajstić information content (AvgIpc) is 2.30. The molecule has 0 N–H and O–H groups in total. The van der Waals surface area contributed by atoms with Crippen molar-refractivity contribution in [2.24, 2.45) is 5.92 Å². The molecule has 7 heteroatoms. The molecule has 0 aliphatic heterocycles. The van der Waals surface area contributed by atoms with Crippen LogP contribution in [0.25, 0.3) is 0 Å². The third kappa shape index (κ3) is 3.84. The summed E-state index contributed by atoms with van der Waals surface area (Å²) in [5, 5.41) is -0.365. The van der Waals surface area contributed by atoms with Gasteiger partial charge in [0, 0.05) is 25.5 Å².